The smallest absolute Gasteiger partial charge is 0.224 e. The molecule has 2 aromatic rings. The second-order valence-corrected chi connectivity index (χ2v) is 2.74. The van der Waals surface area contributed by atoms with Gasteiger partial charge in [0.15, 0.2) is 5.82 Å². The third kappa shape index (κ3) is 1.59. The first-order valence-corrected chi connectivity index (χ1v) is 3.92. The molecule has 5 nitrogen and oxygen atoms in total. The quantitative estimate of drug-likeness (QED) is 0.687. The minimum absolute atomic E-state index is 0.187. The molecule has 0 aliphatic carbocycles. The summed E-state index contributed by atoms with van der Waals surface area (Å²) in [6, 6.07) is 1.69. The van der Waals surface area contributed by atoms with E-state index in [-0.39, 0.29) is 5.28 Å². The molecule has 0 saturated heterocycles. The van der Waals surface area contributed by atoms with E-state index >= 15 is 0 Å². The number of rotatable bonds is 1. The highest BCUT2D eigenvalue weighted by Crippen LogP contribution is 2.07. The van der Waals surface area contributed by atoms with Gasteiger partial charge >= 0.3 is 0 Å². The van der Waals surface area contributed by atoms with Crippen LogP contribution in [0.25, 0.3) is 5.82 Å². The molecule has 2 heterocycles. The lowest BCUT2D eigenvalue weighted by atomic mass is 10.6. The summed E-state index contributed by atoms with van der Waals surface area (Å²) in [6.45, 7) is 0. The molecule has 0 fully saturated rings. The highest BCUT2D eigenvalue weighted by Gasteiger charge is 2.00. The van der Waals surface area contributed by atoms with Crippen LogP contribution in [0.5, 0.6) is 0 Å². The Morgan fingerprint density at radius 1 is 1.46 bits per heavy atom. The van der Waals surface area contributed by atoms with Crippen LogP contribution in [0.4, 0.5) is 5.69 Å². The van der Waals surface area contributed by atoms with Crippen molar-refractivity contribution in [1.29, 1.82) is 0 Å². The van der Waals surface area contributed by atoms with Gasteiger partial charge in [0.2, 0.25) is 5.28 Å². The number of aromatic nitrogens is 4. The second kappa shape index (κ2) is 3.02. The lowest BCUT2D eigenvalue weighted by molar-refractivity contribution is 0.840. The molecule has 0 saturated carbocycles. The summed E-state index contributed by atoms with van der Waals surface area (Å²) >= 11 is 5.61. The molecule has 66 valence electrons. The van der Waals surface area contributed by atoms with Crippen molar-refractivity contribution in [3.8, 4) is 5.82 Å². The summed E-state index contributed by atoms with van der Waals surface area (Å²) in [5.41, 5.74) is 6.07. The zero-order chi connectivity index (χ0) is 9.26. The van der Waals surface area contributed by atoms with Crippen molar-refractivity contribution in [3.05, 3.63) is 29.9 Å². The molecule has 0 unspecified atom stereocenters. The Hall–Kier alpha value is -1.62. The van der Waals surface area contributed by atoms with Gasteiger partial charge in [0.1, 0.15) is 0 Å². The molecule has 13 heavy (non-hydrogen) atoms. The molecule has 0 aliphatic heterocycles. The maximum Gasteiger partial charge on any atom is 0.224 e. The van der Waals surface area contributed by atoms with Crippen LogP contribution < -0.4 is 5.73 Å². The first-order chi connectivity index (χ1) is 6.25. The fourth-order valence-electron chi connectivity index (χ4n) is 0.916. The van der Waals surface area contributed by atoms with E-state index in [0.29, 0.717) is 11.5 Å². The molecule has 0 spiro atoms. The van der Waals surface area contributed by atoms with Crippen LogP contribution in [0.2, 0.25) is 5.28 Å². The maximum absolute atomic E-state index is 5.61. The first kappa shape index (κ1) is 8.00. The molecule has 0 aliphatic rings. The monoisotopic (exact) mass is 195 g/mol. The predicted molar refractivity (Wildman–Crippen MR) is 48.6 cm³/mol. The number of hydrogen-bond donors (Lipinski definition) is 1. The van der Waals surface area contributed by atoms with Crippen LogP contribution in [0.15, 0.2) is 24.7 Å². The third-order valence-electron chi connectivity index (χ3n) is 1.45. The number of hydrogen-bond acceptors (Lipinski definition) is 4. The molecular formula is C7H6ClN5. The average molecular weight is 196 g/mol. The third-order valence-corrected chi connectivity index (χ3v) is 1.63. The van der Waals surface area contributed by atoms with Gasteiger partial charge in [-0.1, -0.05) is 0 Å². The lowest BCUT2D eigenvalue weighted by Crippen LogP contribution is -1.98. The second-order valence-electron chi connectivity index (χ2n) is 2.40. The van der Waals surface area contributed by atoms with Gasteiger partial charge in [0, 0.05) is 12.3 Å². The fraction of sp³-hybridized carbons (Fsp3) is 0. The largest absolute Gasteiger partial charge is 0.396 e. The summed E-state index contributed by atoms with van der Waals surface area (Å²) in [5.74, 6) is 0.594. The van der Waals surface area contributed by atoms with Crippen LogP contribution in [0.1, 0.15) is 0 Å². The van der Waals surface area contributed by atoms with Crippen LogP contribution in [0.3, 0.4) is 0 Å². The van der Waals surface area contributed by atoms with Crippen molar-refractivity contribution in [2.75, 3.05) is 5.73 Å². The van der Waals surface area contributed by atoms with E-state index in [2.05, 4.69) is 15.1 Å². The summed E-state index contributed by atoms with van der Waals surface area (Å²) in [6.07, 6.45) is 4.75. The number of halogens is 1. The van der Waals surface area contributed by atoms with Crippen LogP contribution in [-0.4, -0.2) is 19.7 Å². The summed E-state index contributed by atoms with van der Waals surface area (Å²) in [7, 11) is 0. The average Bonchev–Trinajstić information content (AvgIpc) is 2.52. The number of nitrogen functional groups attached to an aromatic ring is 1. The van der Waals surface area contributed by atoms with E-state index in [4.69, 9.17) is 17.3 Å². The van der Waals surface area contributed by atoms with Crippen LogP contribution in [0, 0.1) is 0 Å². The van der Waals surface area contributed by atoms with E-state index in [0.717, 1.165) is 0 Å². The molecule has 2 aromatic heterocycles. The van der Waals surface area contributed by atoms with Crippen molar-refractivity contribution < 1.29 is 0 Å². The van der Waals surface area contributed by atoms with Gasteiger partial charge in [-0.2, -0.15) is 10.1 Å². The van der Waals surface area contributed by atoms with Crippen molar-refractivity contribution in [2.24, 2.45) is 0 Å². The molecule has 2 rings (SSSR count). The lowest BCUT2D eigenvalue weighted by Gasteiger charge is -1.98. The maximum atomic E-state index is 5.61. The Kier molecular flexibility index (Phi) is 1.86. The SMILES string of the molecule is Nc1cnn(-c2ccnc(Cl)n2)c1. The number of anilines is 1. The van der Waals surface area contributed by atoms with Crippen LogP contribution >= 0.6 is 11.6 Å². The summed E-state index contributed by atoms with van der Waals surface area (Å²) in [4.78, 5) is 7.71. The minimum atomic E-state index is 0.187. The normalized spacial score (nSPS) is 10.2. The molecule has 0 radical (unpaired) electrons. The van der Waals surface area contributed by atoms with Gasteiger partial charge in [-0.25, -0.2) is 9.67 Å². The van der Waals surface area contributed by atoms with Gasteiger partial charge in [-0.05, 0) is 11.6 Å². The van der Waals surface area contributed by atoms with Crippen molar-refractivity contribution >= 4 is 17.3 Å². The highest BCUT2D eigenvalue weighted by molar-refractivity contribution is 6.28. The Balaban J connectivity index is 2.46. The Morgan fingerprint density at radius 2 is 2.31 bits per heavy atom. The topological polar surface area (TPSA) is 69.6 Å². The zero-order valence-electron chi connectivity index (χ0n) is 6.55. The number of nitrogens with two attached hydrogens (primary N) is 1. The molecule has 0 amide bonds. The van der Waals surface area contributed by atoms with Gasteiger partial charge < -0.3 is 5.73 Å². The molecular weight excluding hydrogens is 190 g/mol. The number of nitrogens with zero attached hydrogens (tertiary/aromatic N) is 4. The molecule has 2 N–H and O–H groups in total. The predicted octanol–water partition coefficient (Wildman–Crippen LogP) is 0.898. The van der Waals surface area contributed by atoms with E-state index in [1.807, 2.05) is 0 Å². The van der Waals surface area contributed by atoms with Gasteiger partial charge in [-0.3, -0.25) is 0 Å². The molecule has 0 aromatic carbocycles. The zero-order valence-corrected chi connectivity index (χ0v) is 7.31. The summed E-state index contributed by atoms with van der Waals surface area (Å²) in [5, 5.41) is 4.16. The van der Waals surface area contributed by atoms with E-state index < -0.39 is 0 Å². The van der Waals surface area contributed by atoms with Crippen molar-refractivity contribution in [1.82, 2.24) is 19.7 Å². The van der Waals surface area contributed by atoms with E-state index in [1.54, 1.807) is 18.5 Å². The first-order valence-electron chi connectivity index (χ1n) is 3.55. The summed E-state index contributed by atoms with van der Waals surface area (Å²) < 4.78 is 1.53. The van der Waals surface area contributed by atoms with Gasteiger partial charge in [0.05, 0.1) is 18.1 Å². The van der Waals surface area contributed by atoms with Crippen molar-refractivity contribution in [2.45, 2.75) is 0 Å². The Labute approximate surface area is 79.2 Å². The van der Waals surface area contributed by atoms with Crippen molar-refractivity contribution in [3.63, 3.8) is 0 Å². The molecule has 0 bridgehead atoms. The van der Waals surface area contributed by atoms with E-state index in [9.17, 15) is 0 Å². The Bertz CT molecular complexity index is 424. The highest BCUT2D eigenvalue weighted by atomic mass is 35.5. The molecule has 6 heteroatoms. The van der Waals surface area contributed by atoms with Crippen LogP contribution in [-0.2, 0) is 0 Å². The minimum Gasteiger partial charge on any atom is -0.396 e. The molecule has 0 atom stereocenters. The van der Waals surface area contributed by atoms with Gasteiger partial charge in [-0.15, -0.1) is 0 Å². The van der Waals surface area contributed by atoms with E-state index in [1.165, 1.54) is 10.9 Å². The van der Waals surface area contributed by atoms with Gasteiger partial charge in [0.25, 0.3) is 0 Å². The standard InChI is InChI=1S/C7H6ClN5/c8-7-10-2-1-6(12-7)13-4-5(9)3-11-13/h1-4H,9H2. The Morgan fingerprint density at radius 3 is 2.92 bits per heavy atom. The fourth-order valence-corrected chi connectivity index (χ4v) is 1.06.